The van der Waals surface area contributed by atoms with Crippen LogP contribution in [0, 0.1) is 6.92 Å². The van der Waals surface area contributed by atoms with Crippen LogP contribution in [0.5, 0.6) is 0 Å². The molecule has 1 amide bonds. The summed E-state index contributed by atoms with van der Waals surface area (Å²) < 4.78 is 5.26. The number of pyridine rings is 1. The van der Waals surface area contributed by atoms with Gasteiger partial charge >= 0.3 is 6.09 Å². The zero-order chi connectivity index (χ0) is 17.7. The van der Waals surface area contributed by atoms with Crippen LogP contribution in [0.2, 0.25) is 0 Å². The van der Waals surface area contributed by atoms with E-state index in [-0.39, 0.29) is 0 Å². The summed E-state index contributed by atoms with van der Waals surface area (Å²) in [5.74, 6) is 1.02. The second-order valence-corrected chi connectivity index (χ2v) is 7.25. The van der Waals surface area contributed by atoms with E-state index in [1.165, 1.54) is 0 Å². The molecule has 2 rings (SSSR count). The van der Waals surface area contributed by atoms with Crippen molar-refractivity contribution >= 4 is 11.9 Å². The number of nitrogens with zero attached hydrogens (tertiary/aromatic N) is 3. The van der Waals surface area contributed by atoms with Gasteiger partial charge in [0.05, 0.1) is 0 Å². The second-order valence-electron chi connectivity index (χ2n) is 7.25. The number of aryl methyl sites for hydroxylation is 1. The van der Waals surface area contributed by atoms with Crippen LogP contribution in [0.4, 0.5) is 10.6 Å². The van der Waals surface area contributed by atoms with Gasteiger partial charge in [-0.3, -0.25) is 0 Å². The van der Waals surface area contributed by atoms with Gasteiger partial charge in [-0.1, -0.05) is 6.92 Å². The Morgan fingerprint density at radius 3 is 2.50 bits per heavy atom. The molecule has 0 unspecified atom stereocenters. The minimum Gasteiger partial charge on any atom is -0.444 e. The number of anilines is 1. The van der Waals surface area contributed by atoms with E-state index in [4.69, 9.17) is 4.74 Å². The lowest BCUT2D eigenvalue weighted by molar-refractivity contribution is 0.0523. The van der Waals surface area contributed by atoms with Crippen molar-refractivity contribution in [3.8, 4) is 0 Å². The van der Waals surface area contributed by atoms with E-state index in [2.05, 4.69) is 40.0 Å². The van der Waals surface area contributed by atoms with Crippen LogP contribution in [0.15, 0.2) is 12.3 Å². The molecule has 24 heavy (non-hydrogen) atoms. The maximum absolute atomic E-state index is 11.8. The second kappa shape index (κ2) is 7.83. The highest BCUT2D eigenvalue weighted by Crippen LogP contribution is 2.18. The lowest BCUT2D eigenvalue weighted by Gasteiger charge is -2.35. The van der Waals surface area contributed by atoms with E-state index in [0.717, 1.165) is 49.7 Å². The highest BCUT2D eigenvalue weighted by Gasteiger charge is 2.18. The number of rotatable bonds is 4. The molecule has 1 aliphatic rings. The molecule has 0 aliphatic carbocycles. The van der Waals surface area contributed by atoms with Crippen molar-refractivity contribution in [3.63, 3.8) is 0 Å². The van der Waals surface area contributed by atoms with Crippen LogP contribution in [0.1, 0.15) is 38.8 Å². The van der Waals surface area contributed by atoms with E-state index in [1.807, 2.05) is 27.0 Å². The number of nitrogens with one attached hydrogen (secondary N) is 1. The van der Waals surface area contributed by atoms with E-state index < -0.39 is 11.7 Å². The first-order valence-electron chi connectivity index (χ1n) is 8.68. The van der Waals surface area contributed by atoms with Crippen LogP contribution in [-0.4, -0.2) is 54.3 Å². The number of hydrogen-bond acceptors (Lipinski definition) is 5. The monoisotopic (exact) mass is 334 g/mol. The van der Waals surface area contributed by atoms with Crippen LogP contribution in [-0.2, 0) is 11.3 Å². The number of likely N-dealkylation sites (N-methyl/N-ethyl adjacent to an activating group) is 1. The number of piperazine rings is 1. The average molecular weight is 334 g/mol. The third kappa shape index (κ3) is 5.37. The van der Waals surface area contributed by atoms with Gasteiger partial charge in [0.25, 0.3) is 0 Å². The van der Waals surface area contributed by atoms with Crippen LogP contribution < -0.4 is 10.2 Å². The highest BCUT2D eigenvalue weighted by atomic mass is 16.6. The maximum Gasteiger partial charge on any atom is 0.407 e. The minimum absolute atomic E-state index is 0.401. The Bertz CT molecular complexity index is 561. The largest absolute Gasteiger partial charge is 0.444 e. The quantitative estimate of drug-likeness (QED) is 0.917. The maximum atomic E-state index is 11.8. The number of hydrogen-bond donors (Lipinski definition) is 1. The smallest absolute Gasteiger partial charge is 0.407 e. The fourth-order valence-electron chi connectivity index (χ4n) is 2.70. The molecule has 134 valence electrons. The van der Waals surface area contributed by atoms with Gasteiger partial charge in [-0.2, -0.15) is 0 Å². The summed E-state index contributed by atoms with van der Waals surface area (Å²) in [5, 5.41) is 2.79. The Labute approximate surface area is 145 Å². The van der Waals surface area contributed by atoms with Crippen LogP contribution in [0.25, 0.3) is 0 Å². The van der Waals surface area contributed by atoms with Crippen molar-refractivity contribution < 1.29 is 9.53 Å². The summed E-state index contributed by atoms with van der Waals surface area (Å²) in [5.41, 5.74) is 1.66. The zero-order valence-electron chi connectivity index (χ0n) is 15.6. The van der Waals surface area contributed by atoms with Crippen molar-refractivity contribution in [3.05, 3.63) is 23.4 Å². The lowest BCUT2D eigenvalue weighted by Crippen LogP contribution is -2.46. The first-order chi connectivity index (χ1) is 11.3. The standard InChI is InChI=1S/C18H30N4O2/c1-6-21-7-9-22(10-8-21)16-11-14(2)15(12-19-16)13-20-17(23)24-18(3,4)5/h11-12H,6-10,13H2,1-5H3,(H,20,23). The predicted molar refractivity (Wildman–Crippen MR) is 96.4 cm³/mol. The number of carbonyl (C=O) groups excluding carboxylic acids is 1. The topological polar surface area (TPSA) is 57.7 Å². The van der Waals surface area contributed by atoms with Crippen LogP contribution in [0.3, 0.4) is 0 Å². The van der Waals surface area contributed by atoms with E-state index in [0.29, 0.717) is 6.54 Å². The van der Waals surface area contributed by atoms with E-state index in [1.54, 1.807) is 0 Å². The number of ether oxygens (including phenoxy) is 1. The molecule has 0 atom stereocenters. The first-order valence-corrected chi connectivity index (χ1v) is 8.68. The molecular formula is C18H30N4O2. The molecule has 6 heteroatoms. The highest BCUT2D eigenvalue weighted by molar-refractivity contribution is 5.67. The molecule has 1 fully saturated rings. The summed E-state index contributed by atoms with van der Waals surface area (Å²) in [7, 11) is 0. The zero-order valence-corrected chi connectivity index (χ0v) is 15.6. The lowest BCUT2D eigenvalue weighted by atomic mass is 10.1. The summed E-state index contributed by atoms with van der Waals surface area (Å²) >= 11 is 0. The Morgan fingerprint density at radius 2 is 1.96 bits per heavy atom. The molecule has 0 bridgehead atoms. The Morgan fingerprint density at radius 1 is 1.29 bits per heavy atom. The van der Waals surface area contributed by atoms with Gasteiger partial charge < -0.3 is 19.9 Å². The summed E-state index contributed by atoms with van der Waals surface area (Å²) in [6.07, 6.45) is 1.45. The fraction of sp³-hybridized carbons (Fsp3) is 0.667. The van der Waals surface area contributed by atoms with Gasteiger partial charge in [0.1, 0.15) is 11.4 Å². The SMILES string of the molecule is CCN1CCN(c2cc(C)c(CNC(=O)OC(C)(C)C)cn2)CC1. The molecule has 1 aromatic heterocycles. The van der Waals surface area contributed by atoms with Gasteiger partial charge in [0.2, 0.25) is 0 Å². The van der Waals surface area contributed by atoms with E-state index in [9.17, 15) is 4.79 Å². The first kappa shape index (κ1) is 18.5. The average Bonchev–Trinajstić information content (AvgIpc) is 2.52. The number of carbonyl (C=O) groups is 1. The van der Waals surface area contributed by atoms with Crippen molar-refractivity contribution in [2.24, 2.45) is 0 Å². The third-order valence-corrected chi connectivity index (χ3v) is 4.17. The Hall–Kier alpha value is -1.82. The number of aromatic nitrogens is 1. The number of alkyl carbamates (subject to hydrolysis) is 1. The molecule has 0 spiro atoms. The van der Waals surface area contributed by atoms with Gasteiger partial charge in [0.15, 0.2) is 0 Å². The van der Waals surface area contributed by atoms with Crippen molar-refractivity contribution in [2.75, 3.05) is 37.6 Å². The van der Waals surface area contributed by atoms with Gasteiger partial charge in [-0.15, -0.1) is 0 Å². The van der Waals surface area contributed by atoms with Crippen molar-refractivity contribution in [1.82, 2.24) is 15.2 Å². The summed E-state index contributed by atoms with van der Waals surface area (Å²) in [6.45, 7) is 15.5. The van der Waals surface area contributed by atoms with Gasteiger partial charge in [-0.05, 0) is 51.4 Å². The third-order valence-electron chi connectivity index (χ3n) is 4.17. The molecule has 0 radical (unpaired) electrons. The van der Waals surface area contributed by atoms with Crippen LogP contribution >= 0.6 is 0 Å². The summed E-state index contributed by atoms with van der Waals surface area (Å²) in [4.78, 5) is 21.1. The molecule has 1 saturated heterocycles. The van der Waals surface area contributed by atoms with Gasteiger partial charge in [0, 0.05) is 38.9 Å². The Balaban J connectivity index is 1.91. The van der Waals surface area contributed by atoms with Gasteiger partial charge in [-0.25, -0.2) is 9.78 Å². The predicted octanol–water partition coefficient (Wildman–Crippen LogP) is 2.56. The molecule has 1 aromatic rings. The minimum atomic E-state index is -0.484. The molecule has 2 heterocycles. The molecular weight excluding hydrogens is 304 g/mol. The molecule has 0 saturated carbocycles. The van der Waals surface area contributed by atoms with Crippen molar-refractivity contribution in [2.45, 2.75) is 46.8 Å². The molecule has 0 aromatic carbocycles. The molecule has 1 aliphatic heterocycles. The van der Waals surface area contributed by atoms with Crippen molar-refractivity contribution in [1.29, 1.82) is 0 Å². The molecule has 6 nitrogen and oxygen atoms in total. The molecule has 1 N–H and O–H groups in total. The fourth-order valence-corrected chi connectivity index (χ4v) is 2.70. The normalized spacial score (nSPS) is 16.1. The van der Waals surface area contributed by atoms with E-state index >= 15 is 0 Å². The number of amides is 1. The Kier molecular flexibility index (Phi) is 6.04. The summed E-state index contributed by atoms with van der Waals surface area (Å²) in [6, 6.07) is 2.10.